The van der Waals surface area contributed by atoms with Crippen molar-refractivity contribution in [2.24, 2.45) is 0 Å². The van der Waals surface area contributed by atoms with Crippen molar-refractivity contribution in [2.75, 3.05) is 0 Å². The quantitative estimate of drug-likeness (QED) is 0.695. The minimum absolute atomic E-state index is 0.425. The molecule has 1 N–H and O–H groups in total. The SMILES string of the molecule is Cc1ncn2c(C)cc(-c3ncc(F)[nH]3)nc12. The van der Waals surface area contributed by atoms with Crippen LogP contribution in [-0.2, 0) is 0 Å². The van der Waals surface area contributed by atoms with Crippen molar-refractivity contribution in [2.45, 2.75) is 13.8 Å². The molecule has 3 aromatic rings. The lowest BCUT2D eigenvalue weighted by Crippen LogP contribution is -1.96. The Bertz CT molecular complexity index is 697. The second kappa shape index (κ2) is 3.38. The number of H-pyrrole nitrogens is 1. The molecule has 0 aliphatic carbocycles. The van der Waals surface area contributed by atoms with E-state index in [-0.39, 0.29) is 0 Å². The molecule has 0 spiro atoms. The topological polar surface area (TPSA) is 58.9 Å². The Balaban J connectivity index is 2.27. The molecule has 0 fully saturated rings. The van der Waals surface area contributed by atoms with Crippen molar-refractivity contribution < 1.29 is 4.39 Å². The van der Waals surface area contributed by atoms with Crippen LogP contribution in [0.5, 0.6) is 0 Å². The maximum atomic E-state index is 12.9. The van der Waals surface area contributed by atoms with Gasteiger partial charge in [0.1, 0.15) is 12.0 Å². The summed E-state index contributed by atoms with van der Waals surface area (Å²) in [6, 6.07) is 1.84. The summed E-state index contributed by atoms with van der Waals surface area (Å²) in [5, 5.41) is 0. The van der Waals surface area contributed by atoms with E-state index in [1.807, 2.05) is 24.3 Å². The van der Waals surface area contributed by atoms with Gasteiger partial charge in [0.25, 0.3) is 0 Å². The molecule has 0 bridgehead atoms. The molecule has 17 heavy (non-hydrogen) atoms. The molecule has 0 radical (unpaired) electrons. The number of aryl methyl sites for hydroxylation is 2. The summed E-state index contributed by atoms with van der Waals surface area (Å²) in [6.45, 7) is 3.83. The monoisotopic (exact) mass is 231 g/mol. The second-order valence-electron chi connectivity index (χ2n) is 3.89. The van der Waals surface area contributed by atoms with Crippen LogP contribution in [0.2, 0.25) is 0 Å². The third kappa shape index (κ3) is 1.49. The van der Waals surface area contributed by atoms with Gasteiger partial charge in [-0.2, -0.15) is 4.39 Å². The molecule has 3 rings (SSSR count). The van der Waals surface area contributed by atoms with E-state index in [2.05, 4.69) is 19.9 Å². The predicted molar refractivity (Wildman–Crippen MR) is 60.0 cm³/mol. The lowest BCUT2D eigenvalue weighted by Gasteiger charge is -2.02. The van der Waals surface area contributed by atoms with Crippen LogP contribution in [0.1, 0.15) is 11.4 Å². The highest BCUT2D eigenvalue weighted by Crippen LogP contribution is 2.17. The Morgan fingerprint density at radius 3 is 2.82 bits per heavy atom. The van der Waals surface area contributed by atoms with E-state index >= 15 is 0 Å². The lowest BCUT2D eigenvalue weighted by molar-refractivity contribution is 0.591. The minimum atomic E-state index is -0.468. The fraction of sp³-hybridized carbons (Fsp3) is 0.182. The maximum Gasteiger partial charge on any atom is 0.211 e. The molecule has 6 heteroatoms. The molecule has 5 nitrogen and oxygen atoms in total. The third-order valence-corrected chi connectivity index (χ3v) is 2.66. The van der Waals surface area contributed by atoms with Crippen LogP contribution in [0.4, 0.5) is 4.39 Å². The average Bonchev–Trinajstić information content (AvgIpc) is 2.87. The first-order valence-electron chi connectivity index (χ1n) is 5.17. The Labute approximate surface area is 96.4 Å². The zero-order chi connectivity index (χ0) is 12.0. The number of imidazole rings is 2. The summed E-state index contributed by atoms with van der Waals surface area (Å²) in [4.78, 5) is 15.1. The number of aromatic nitrogens is 5. The number of rotatable bonds is 1. The molecule has 0 aliphatic heterocycles. The number of halogens is 1. The van der Waals surface area contributed by atoms with Crippen molar-refractivity contribution >= 4 is 5.65 Å². The molecule has 86 valence electrons. The van der Waals surface area contributed by atoms with E-state index in [9.17, 15) is 4.39 Å². The van der Waals surface area contributed by atoms with Gasteiger partial charge in [-0.3, -0.25) is 4.40 Å². The largest absolute Gasteiger partial charge is 0.314 e. The van der Waals surface area contributed by atoms with Gasteiger partial charge in [0.15, 0.2) is 11.5 Å². The van der Waals surface area contributed by atoms with E-state index in [4.69, 9.17) is 0 Å². The highest BCUT2D eigenvalue weighted by atomic mass is 19.1. The van der Waals surface area contributed by atoms with E-state index in [0.717, 1.165) is 23.2 Å². The molecule has 0 aromatic carbocycles. The molecule has 0 unspecified atom stereocenters. The standard InChI is InChI=1S/C11H10FN5/c1-6-3-8(10-13-4-9(12)16-10)15-11-7(2)14-5-17(6)11/h3-5H,1-2H3,(H,13,16). The molecule has 0 saturated heterocycles. The average molecular weight is 231 g/mol. The van der Waals surface area contributed by atoms with E-state index < -0.39 is 5.95 Å². The van der Waals surface area contributed by atoms with E-state index in [1.165, 1.54) is 0 Å². The maximum absolute atomic E-state index is 12.9. The molecule has 3 aromatic heterocycles. The smallest absolute Gasteiger partial charge is 0.211 e. The molecular formula is C11H10FN5. The van der Waals surface area contributed by atoms with Crippen LogP contribution in [0.15, 0.2) is 18.6 Å². The highest BCUT2D eigenvalue weighted by molar-refractivity contribution is 5.57. The number of hydrogen-bond acceptors (Lipinski definition) is 3. The summed E-state index contributed by atoms with van der Waals surface area (Å²) in [5.74, 6) is -0.0433. The summed E-state index contributed by atoms with van der Waals surface area (Å²) in [7, 11) is 0. The fourth-order valence-corrected chi connectivity index (χ4v) is 1.79. The van der Waals surface area contributed by atoms with Crippen LogP contribution in [0.3, 0.4) is 0 Å². The number of hydrogen-bond donors (Lipinski definition) is 1. The molecule has 0 saturated carbocycles. The first-order chi connectivity index (χ1) is 8.15. The molecule has 0 atom stereocenters. The summed E-state index contributed by atoms with van der Waals surface area (Å²) < 4.78 is 14.8. The van der Waals surface area contributed by atoms with Gasteiger partial charge in [0, 0.05) is 5.69 Å². The van der Waals surface area contributed by atoms with Crippen molar-refractivity contribution in [3.63, 3.8) is 0 Å². The van der Waals surface area contributed by atoms with Crippen molar-refractivity contribution in [1.29, 1.82) is 0 Å². The Morgan fingerprint density at radius 1 is 1.29 bits per heavy atom. The molecule has 0 amide bonds. The van der Waals surface area contributed by atoms with Gasteiger partial charge in [-0.15, -0.1) is 0 Å². The van der Waals surface area contributed by atoms with Crippen LogP contribution >= 0.6 is 0 Å². The Kier molecular flexibility index (Phi) is 1.98. The molecule has 0 aliphatic rings. The molecular weight excluding hydrogens is 221 g/mol. The number of aromatic amines is 1. The summed E-state index contributed by atoms with van der Waals surface area (Å²) in [5.41, 5.74) is 3.18. The van der Waals surface area contributed by atoms with Crippen molar-refractivity contribution in [3.8, 4) is 11.5 Å². The first kappa shape index (κ1) is 9.95. The zero-order valence-corrected chi connectivity index (χ0v) is 9.40. The van der Waals surface area contributed by atoms with Crippen molar-refractivity contribution in [1.82, 2.24) is 24.3 Å². The summed E-state index contributed by atoms with van der Waals surface area (Å²) >= 11 is 0. The summed E-state index contributed by atoms with van der Waals surface area (Å²) in [6.07, 6.45) is 2.86. The van der Waals surface area contributed by atoms with Gasteiger partial charge in [-0.1, -0.05) is 0 Å². The van der Waals surface area contributed by atoms with E-state index in [1.54, 1.807) is 6.33 Å². The lowest BCUT2D eigenvalue weighted by atomic mass is 10.3. The second-order valence-corrected chi connectivity index (χ2v) is 3.89. The van der Waals surface area contributed by atoms with Gasteiger partial charge < -0.3 is 4.98 Å². The van der Waals surface area contributed by atoms with Gasteiger partial charge in [-0.05, 0) is 19.9 Å². The Hall–Kier alpha value is -2.24. The highest BCUT2D eigenvalue weighted by Gasteiger charge is 2.10. The van der Waals surface area contributed by atoms with Crippen LogP contribution < -0.4 is 0 Å². The van der Waals surface area contributed by atoms with Gasteiger partial charge in [0.2, 0.25) is 5.95 Å². The number of nitrogens with one attached hydrogen (secondary N) is 1. The zero-order valence-electron chi connectivity index (χ0n) is 9.40. The number of nitrogens with zero attached hydrogens (tertiary/aromatic N) is 4. The van der Waals surface area contributed by atoms with Gasteiger partial charge in [-0.25, -0.2) is 15.0 Å². The van der Waals surface area contributed by atoms with Crippen LogP contribution in [0, 0.1) is 19.8 Å². The minimum Gasteiger partial charge on any atom is -0.314 e. The third-order valence-electron chi connectivity index (χ3n) is 2.66. The fourth-order valence-electron chi connectivity index (χ4n) is 1.79. The molecule has 3 heterocycles. The number of fused-ring (bicyclic) bond motifs is 1. The van der Waals surface area contributed by atoms with Gasteiger partial charge >= 0.3 is 0 Å². The van der Waals surface area contributed by atoms with E-state index in [0.29, 0.717) is 11.5 Å². The van der Waals surface area contributed by atoms with Crippen LogP contribution in [-0.4, -0.2) is 24.3 Å². The predicted octanol–water partition coefficient (Wildman–Crippen LogP) is 1.88. The first-order valence-corrected chi connectivity index (χ1v) is 5.17. The normalized spacial score (nSPS) is 11.2. The van der Waals surface area contributed by atoms with Crippen molar-refractivity contribution in [3.05, 3.63) is 35.9 Å². The van der Waals surface area contributed by atoms with Gasteiger partial charge in [0.05, 0.1) is 11.9 Å². The Morgan fingerprint density at radius 2 is 2.12 bits per heavy atom. The van der Waals surface area contributed by atoms with Crippen LogP contribution in [0.25, 0.3) is 17.2 Å².